The maximum Gasteiger partial charge on any atom is 0.311 e. The molecule has 0 saturated heterocycles. The van der Waals surface area contributed by atoms with Crippen LogP contribution in [0.5, 0.6) is 17.4 Å². The molecule has 160 valence electrons. The van der Waals surface area contributed by atoms with E-state index in [1.165, 1.54) is 0 Å². The van der Waals surface area contributed by atoms with E-state index in [1.807, 2.05) is 36.4 Å². The average Bonchev–Trinajstić information content (AvgIpc) is 3.01. The van der Waals surface area contributed by atoms with Crippen molar-refractivity contribution in [3.8, 4) is 17.4 Å². The number of benzene rings is 2. The summed E-state index contributed by atoms with van der Waals surface area (Å²) in [6, 6.07) is 14.4. The van der Waals surface area contributed by atoms with Gasteiger partial charge in [0.1, 0.15) is 11.5 Å². The summed E-state index contributed by atoms with van der Waals surface area (Å²) in [7, 11) is -3.60. The zero-order valence-corrected chi connectivity index (χ0v) is 18.3. The fourth-order valence-electron chi connectivity index (χ4n) is 2.59. The molecule has 3 aromatic rings. The minimum Gasteiger partial charge on any atom is -0.494 e. The van der Waals surface area contributed by atoms with Crippen molar-refractivity contribution < 1.29 is 22.4 Å². The highest BCUT2D eigenvalue weighted by molar-refractivity contribution is 7.87. The highest BCUT2D eigenvalue weighted by Gasteiger charge is 2.17. The summed E-state index contributed by atoms with van der Waals surface area (Å²) < 4.78 is 34.4. The van der Waals surface area contributed by atoms with Gasteiger partial charge in [0.15, 0.2) is 0 Å². The summed E-state index contributed by atoms with van der Waals surface area (Å²) in [5, 5.41) is 9.06. The second-order valence-corrected chi connectivity index (χ2v) is 10.1. The molecule has 0 aliphatic carbocycles. The second-order valence-electron chi connectivity index (χ2n) is 6.97. The van der Waals surface area contributed by atoms with E-state index in [0.717, 1.165) is 22.5 Å². The van der Waals surface area contributed by atoms with Gasteiger partial charge in [0.25, 0.3) is 0 Å². The van der Waals surface area contributed by atoms with Crippen LogP contribution < -0.4 is 13.8 Å². The number of rotatable bonds is 9. The van der Waals surface area contributed by atoms with Gasteiger partial charge in [-0.3, -0.25) is 9.78 Å². The molecule has 1 heterocycles. The Hall–Kier alpha value is -2.78. The third-order valence-electron chi connectivity index (χ3n) is 4.36. The lowest BCUT2D eigenvalue weighted by Crippen LogP contribution is -2.19. The molecular formula is C21H23NO6S2. The summed E-state index contributed by atoms with van der Waals surface area (Å²) in [6.07, 6.45) is 1.13. The van der Waals surface area contributed by atoms with Crippen LogP contribution in [-0.2, 0) is 23.0 Å². The first-order valence-electron chi connectivity index (χ1n) is 9.38. The van der Waals surface area contributed by atoms with Gasteiger partial charge in [-0.25, -0.2) is 0 Å². The summed E-state index contributed by atoms with van der Waals surface area (Å²) in [6.45, 7) is 3.60. The summed E-state index contributed by atoms with van der Waals surface area (Å²) in [4.78, 5) is 13.9. The lowest BCUT2D eigenvalue weighted by Gasteiger charge is -2.10. The van der Waals surface area contributed by atoms with Gasteiger partial charge < -0.3 is 14.0 Å². The van der Waals surface area contributed by atoms with Crippen molar-refractivity contribution in [2.24, 2.45) is 0 Å². The highest BCUT2D eigenvalue weighted by atomic mass is 32.2. The van der Waals surface area contributed by atoms with Gasteiger partial charge in [0.2, 0.25) is 5.88 Å². The number of ether oxygens (including phenoxy) is 1. The molecule has 0 amide bonds. The van der Waals surface area contributed by atoms with E-state index in [0.29, 0.717) is 35.8 Å². The van der Waals surface area contributed by atoms with E-state index in [2.05, 4.69) is 4.98 Å². The lowest BCUT2D eigenvalue weighted by molar-refractivity contribution is 0.322. The SMILES string of the molecule is CC(C)S(=O)(=O)Oc1ccc(CCOc2ccc(Cc3sc(=O)[nH]c3O)cc2)cc1. The quantitative estimate of drug-likeness (QED) is 0.485. The number of nitrogens with one attached hydrogen (secondary N) is 1. The molecule has 30 heavy (non-hydrogen) atoms. The molecule has 7 nitrogen and oxygen atoms in total. The van der Waals surface area contributed by atoms with Crippen LogP contribution in [0.2, 0.25) is 0 Å². The fraction of sp³-hybridized carbons (Fsp3) is 0.286. The maximum absolute atomic E-state index is 11.8. The monoisotopic (exact) mass is 449 g/mol. The minimum absolute atomic E-state index is 0.0800. The summed E-state index contributed by atoms with van der Waals surface area (Å²) in [5.41, 5.74) is 1.96. The Kier molecular flexibility index (Phi) is 6.84. The standard InChI is InChI=1S/C21H23NO6S2/c1-14(2)30(25,26)28-18-9-3-15(4-10-18)11-12-27-17-7-5-16(6-8-17)13-19-20(23)22-21(24)29-19/h3-10,14,23H,11-13H2,1-2H3,(H,22,24). The molecule has 2 N–H and O–H groups in total. The molecule has 0 saturated carbocycles. The van der Waals surface area contributed by atoms with E-state index in [9.17, 15) is 18.3 Å². The lowest BCUT2D eigenvalue weighted by atomic mass is 10.1. The molecule has 1 aromatic heterocycles. The number of hydrogen-bond acceptors (Lipinski definition) is 7. The van der Waals surface area contributed by atoms with Crippen LogP contribution in [0.4, 0.5) is 0 Å². The van der Waals surface area contributed by atoms with E-state index in [1.54, 1.807) is 26.0 Å². The summed E-state index contributed by atoms with van der Waals surface area (Å²) >= 11 is 0.995. The molecular weight excluding hydrogens is 426 g/mol. The zero-order chi connectivity index (χ0) is 21.7. The molecule has 0 bridgehead atoms. The zero-order valence-electron chi connectivity index (χ0n) is 16.6. The van der Waals surface area contributed by atoms with E-state index in [4.69, 9.17) is 8.92 Å². The van der Waals surface area contributed by atoms with Crippen LogP contribution in [0.15, 0.2) is 53.3 Å². The van der Waals surface area contributed by atoms with Crippen molar-refractivity contribution in [2.45, 2.75) is 31.9 Å². The topological polar surface area (TPSA) is 106 Å². The Balaban J connectivity index is 1.49. The number of thiazole rings is 1. The maximum atomic E-state index is 11.8. The Bertz CT molecular complexity index is 1130. The van der Waals surface area contributed by atoms with Crippen molar-refractivity contribution in [1.82, 2.24) is 4.98 Å². The number of aromatic nitrogens is 1. The molecule has 3 rings (SSSR count). The fourth-order valence-corrected chi connectivity index (χ4v) is 3.92. The van der Waals surface area contributed by atoms with Crippen molar-refractivity contribution in [1.29, 1.82) is 0 Å². The molecule has 0 atom stereocenters. The van der Waals surface area contributed by atoms with Crippen molar-refractivity contribution in [2.75, 3.05) is 6.61 Å². The normalized spacial score (nSPS) is 11.6. The number of aromatic hydroxyl groups is 1. The summed E-state index contributed by atoms with van der Waals surface area (Å²) in [5.74, 6) is 0.930. The van der Waals surface area contributed by atoms with Crippen LogP contribution in [0, 0.1) is 0 Å². The van der Waals surface area contributed by atoms with Gasteiger partial charge in [-0.1, -0.05) is 35.6 Å². The predicted octanol–water partition coefficient (Wildman–Crippen LogP) is 3.47. The molecule has 0 aliphatic rings. The number of aromatic amines is 1. The Morgan fingerprint density at radius 3 is 2.17 bits per heavy atom. The first-order valence-corrected chi connectivity index (χ1v) is 11.7. The van der Waals surface area contributed by atoms with E-state index in [-0.39, 0.29) is 10.8 Å². The van der Waals surface area contributed by atoms with Gasteiger partial charge in [-0.2, -0.15) is 8.42 Å². The first kappa shape index (κ1) is 21.9. The number of hydrogen-bond donors (Lipinski definition) is 2. The molecule has 0 fully saturated rings. The van der Waals surface area contributed by atoms with Crippen LogP contribution >= 0.6 is 11.3 Å². The smallest absolute Gasteiger partial charge is 0.311 e. The predicted molar refractivity (Wildman–Crippen MR) is 116 cm³/mol. The molecule has 0 spiro atoms. The third-order valence-corrected chi connectivity index (χ3v) is 6.81. The van der Waals surface area contributed by atoms with Crippen LogP contribution in [0.25, 0.3) is 0 Å². The van der Waals surface area contributed by atoms with E-state index < -0.39 is 15.4 Å². The van der Waals surface area contributed by atoms with Gasteiger partial charge >= 0.3 is 15.0 Å². The van der Waals surface area contributed by atoms with Gasteiger partial charge in [0, 0.05) is 12.8 Å². The molecule has 2 aromatic carbocycles. The second kappa shape index (κ2) is 9.36. The van der Waals surface area contributed by atoms with Crippen molar-refractivity contribution in [3.05, 3.63) is 74.2 Å². The largest absolute Gasteiger partial charge is 0.494 e. The third kappa shape index (κ3) is 5.87. The minimum atomic E-state index is -3.60. The number of H-pyrrole nitrogens is 1. The molecule has 0 aliphatic heterocycles. The van der Waals surface area contributed by atoms with Gasteiger partial charge in [-0.05, 0) is 49.2 Å². The average molecular weight is 450 g/mol. The Morgan fingerprint density at radius 1 is 1.00 bits per heavy atom. The van der Waals surface area contributed by atoms with Crippen LogP contribution in [-0.4, -0.2) is 30.4 Å². The van der Waals surface area contributed by atoms with Crippen LogP contribution in [0.3, 0.4) is 0 Å². The molecule has 0 unspecified atom stereocenters. The van der Waals surface area contributed by atoms with Crippen molar-refractivity contribution in [3.63, 3.8) is 0 Å². The van der Waals surface area contributed by atoms with Gasteiger partial charge in [0.05, 0.1) is 16.7 Å². The van der Waals surface area contributed by atoms with Gasteiger partial charge in [-0.15, -0.1) is 0 Å². The molecule has 0 radical (unpaired) electrons. The molecule has 9 heteroatoms. The van der Waals surface area contributed by atoms with Crippen LogP contribution in [0.1, 0.15) is 29.9 Å². The highest BCUT2D eigenvalue weighted by Crippen LogP contribution is 2.22. The Morgan fingerprint density at radius 2 is 1.60 bits per heavy atom. The first-order chi connectivity index (χ1) is 14.2. The van der Waals surface area contributed by atoms with Crippen molar-refractivity contribution >= 4 is 21.5 Å². The van der Waals surface area contributed by atoms with E-state index >= 15 is 0 Å². The Labute approximate surface area is 179 Å².